The maximum absolute atomic E-state index is 12.9. The molecule has 5 rings (SSSR count). The molecule has 0 bridgehead atoms. The Morgan fingerprint density at radius 1 is 1.09 bits per heavy atom. The van der Waals surface area contributed by atoms with Gasteiger partial charge in [0.25, 0.3) is 0 Å². The Labute approximate surface area is 269 Å². The van der Waals surface area contributed by atoms with Gasteiger partial charge in [-0.05, 0) is 117 Å². The average molecular weight is 642 g/mol. The summed E-state index contributed by atoms with van der Waals surface area (Å²) in [5, 5.41) is 12.4. The van der Waals surface area contributed by atoms with Crippen molar-refractivity contribution in [3.05, 3.63) is 58.7 Å². The van der Waals surface area contributed by atoms with E-state index in [4.69, 9.17) is 4.18 Å². The van der Waals surface area contributed by atoms with Crippen LogP contribution in [0.25, 0.3) is 0 Å². The first-order valence-electron chi connectivity index (χ1n) is 16.8. The number of carboxylic acids is 1. The Kier molecular flexibility index (Phi) is 9.75. The number of hydrogen-bond donors (Lipinski definition) is 3. The van der Waals surface area contributed by atoms with Gasteiger partial charge in [-0.15, -0.1) is 0 Å². The molecule has 1 amide bonds. The molecule has 9 heteroatoms. The van der Waals surface area contributed by atoms with E-state index in [9.17, 15) is 27.7 Å². The lowest BCUT2D eigenvalue weighted by Crippen LogP contribution is -2.52. The van der Waals surface area contributed by atoms with Crippen LogP contribution in [0.2, 0.25) is 0 Å². The van der Waals surface area contributed by atoms with Crippen LogP contribution in [0.3, 0.4) is 0 Å². The molecule has 0 aliphatic heterocycles. The zero-order valence-corrected chi connectivity index (χ0v) is 28.2. The molecule has 9 atom stereocenters. The van der Waals surface area contributed by atoms with Crippen LogP contribution in [0, 0.1) is 40.4 Å². The molecule has 9 unspecified atom stereocenters. The molecule has 45 heavy (non-hydrogen) atoms. The van der Waals surface area contributed by atoms with Crippen molar-refractivity contribution in [1.82, 2.24) is 5.32 Å². The average Bonchev–Trinajstić information content (AvgIpc) is 3.34. The number of carboxylic acid groups (broad SMARTS) is 1. The molecule has 248 valence electrons. The third kappa shape index (κ3) is 6.68. The first-order valence-corrected chi connectivity index (χ1v) is 18.2. The quantitative estimate of drug-likeness (QED) is 0.137. The molecule has 8 nitrogen and oxygen atoms in total. The van der Waals surface area contributed by atoms with Gasteiger partial charge in [-0.1, -0.05) is 75.2 Å². The van der Waals surface area contributed by atoms with Gasteiger partial charge in [0, 0.05) is 5.57 Å². The maximum atomic E-state index is 12.9. The van der Waals surface area contributed by atoms with Crippen LogP contribution in [0.4, 0.5) is 0 Å². The van der Waals surface area contributed by atoms with Crippen molar-refractivity contribution in [2.75, 3.05) is 0 Å². The van der Waals surface area contributed by atoms with E-state index in [1.807, 2.05) is 12.1 Å². The smallest absolute Gasteiger partial charge is 0.397 e. The molecular formula is C36H51NO7S. The zero-order chi connectivity index (χ0) is 32.7. The minimum absolute atomic E-state index is 0.0776. The van der Waals surface area contributed by atoms with Gasteiger partial charge in [-0.2, -0.15) is 8.42 Å². The van der Waals surface area contributed by atoms with E-state index < -0.39 is 28.5 Å². The predicted octanol–water partition coefficient (Wildman–Crippen LogP) is 7.45. The molecule has 0 heterocycles. The zero-order valence-electron chi connectivity index (χ0n) is 27.4. The predicted molar refractivity (Wildman–Crippen MR) is 173 cm³/mol. The highest BCUT2D eigenvalue weighted by molar-refractivity contribution is 7.80. The third-order valence-corrected chi connectivity index (χ3v) is 13.0. The van der Waals surface area contributed by atoms with Crippen molar-refractivity contribution >= 4 is 22.3 Å². The number of fused-ring (bicyclic) bond motifs is 4. The highest BCUT2D eigenvalue weighted by atomic mass is 32.3. The molecule has 0 radical (unpaired) electrons. The van der Waals surface area contributed by atoms with E-state index >= 15 is 0 Å². The van der Waals surface area contributed by atoms with Crippen molar-refractivity contribution in [2.24, 2.45) is 40.4 Å². The molecule has 3 fully saturated rings. The molecule has 1 aromatic rings. The van der Waals surface area contributed by atoms with E-state index in [-0.39, 0.29) is 22.7 Å². The van der Waals surface area contributed by atoms with Gasteiger partial charge in [-0.25, -0.2) is 8.98 Å². The van der Waals surface area contributed by atoms with Crippen LogP contribution in [-0.2, 0) is 24.2 Å². The van der Waals surface area contributed by atoms with Crippen molar-refractivity contribution in [3.8, 4) is 0 Å². The molecule has 0 saturated heterocycles. The topological polar surface area (TPSA) is 130 Å². The fourth-order valence-electron chi connectivity index (χ4n) is 10.2. The summed E-state index contributed by atoms with van der Waals surface area (Å²) < 4.78 is 37.4. The second-order valence-corrected chi connectivity index (χ2v) is 15.9. The Hall–Kier alpha value is -2.49. The number of rotatable bonds is 10. The molecule has 4 aliphatic rings. The minimum Gasteiger partial charge on any atom is -0.479 e. The summed E-state index contributed by atoms with van der Waals surface area (Å²) >= 11 is 0. The Balaban J connectivity index is 1.22. The number of carbonyl (C=O) groups is 2. The summed E-state index contributed by atoms with van der Waals surface area (Å²) in [5.41, 5.74) is 4.76. The van der Waals surface area contributed by atoms with Crippen LogP contribution in [0.15, 0.2) is 53.1 Å². The standard InChI is InChI=1S/C36H51NO7S/c1-22(10-9-11-23(2)33(38)37-32(34(39)40)25-12-7-6-8-13-25)27-16-17-29-26-14-15-28-24(3)31(44-45(41,42)43)19-21-36(28,5)30(26)18-20-35(27,29)4/h6-8,11-13,22,24,27-28,30-32H,9-10,14-21H2,1-5H3,(H,37,38)(H,39,40)(H,41,42,43). The first kappa shape index (κ1) is 33.9. The summed E-state index contributed by atoms with van der Waals surface area (Å²) in [6.45, 7) is 11.1. The van der Waals surface area contributed by atoms with Gasteiger partial charge >= 0.3 is 16.4 Å². The van der Waals surface area contributed by atoms with E-state index in [0.717, 1.165) is 44.9 Å². The number of aliphatic carboxylic acids is 1. The van der Waals surface area contributed by atoms with Gasteiger partial charge in [0.15, 0.2) is 6.04 Å². The highest BCUT2D eigenvalue weighted by Gasteiger charge is 2.57. The summed E-state index contributed by atoms with van der Waals surface area (Å²) in [7, 11) is -4.46. The summed E-state index contributed by atoms with van der Waals surface area (Å²) in [4.78, 5) is 24.7. The first-order chi connectivity index (χ1) is 21.2. The lowest BCUT2D eigenvalue weighted by Gasteiger charge is -2.58. The second kappa shape index (κ2) is 13.0. The molecular weight excluding hydrogens is 590 g/mol. The Morgan fingerprint density at radius 3 is 2.47 bits per heavy atom. The van der Waals surface area contributed by atoms with Gasteiger partial charge < -0.3 is 10.4 Å². The van der Waals surface area contributed by atoms with Crippen molar-refractivity contribution in [1.29, 1.82) is 0 Å². The van der Waals surface area contributed by atoms with E-state index in [0.29, 0.717) is 41.2 Å². The molecule has 4 aliphatic carbocycles. The van der Waals surface area contributed by atoms with Crippen LogP contribution in [-0.4, -0.2) is 36.1 Å². The number of amides is 1. The van der Waals surface area contributed by atoms with E-state index in [1.165, 1.54) is 12.8 Å². The van der Waals surface area contributed by atoms with E-state index in [2.05, 4.69) is 33.0 Å². The van der Waals surface area contributed by atoms with Gasteiger partial charge in [0.1, 0.15) is 0 Å². The number of hydrogen-bond acceptors (Lipinski definition) is 5. The largest absolute Gasteiger partial charge is 0.479 e. The number of benzene rings is 1. The Morgan fingerprint density at radius 2 is 1.80 bits per heavy atom. The van der Waals surface area contributed by atoms with Crippen molar-refractivity contribution < 1.29 is 31.8 Å². The monoisotopic (exact) mass is 641 g/mol. The molecule has 3 N–H and O–H groups in total. The van der Waals surface area contributed by atoms with Gasteiger partial charge in [0.05, 0.1) is 6.10 Å². The second-order valence-electron chi connectivity index (χ2n) is 14.9. The molecule has 1 aromatic carbocycles. The van der Waals surface area contributed by atoms with Crippen molar-refractivity contribution in [2.45, 2.75) is 111 Å². The summed E-state index contributed by atoms with van der Waals surface area (Å²) in [6, 6.07) is 7.68. The molecule has 0 spiro atoms. The maximum Gasteiger partial charge on any atom is 0.397 e. The van der Waals surface area contributed by atoms with Crippen LogP contribution in [0.1, 0.15) is 110 Å². The van der Waals surface area contributed by atoms with Crippen molar-refractivity contribution in [3.63, 3.8) is 0 Å². The minimum atomic E-state index is -4.46. The normalized spacial score (nSPS) is 34.7. The molecule has 0 aromatic heterocycles. The number of nitrogens with one attached hydrogen (secondary N) is 1. The highest BCUT2D eigenvalue weighted by Crippen LogP contribution is 2.66. The number of allylic oxidation sites excluding steroid dienone is 3. The lowest BCUT2D eigenvalue weighted by atomic mass is 9.47. The fourth-order valence-corrected chi connectivity index (χ4v) is 10.8. The molecule has 3 saturated carbocycles. The summed E-state index contributed by atoms with van der Waals surface area (Å²) in [5.74, 6) is 0.619. The number of carbonyl (C=O) groups excluding carboxylic acids is 1. The van der Waals surface area contributed by atoms with Crippen LogP contribution in [0.5, 0.6) is 0 Å². The Bertz CT molecular complexity index is 1450. The fraction of sp³-hybridized carbons (Fsp3) is 0.667. The SMILES string of the molecule is CC(=CCCC(C)C1CCC2=C3CCC4C(C)C(OS(=O)(=O)O)CCC4(C)C3CCC21C)C(=O)NC(C(=O)O)c1ccccc1. The third-order valence-electron chi connectivity index (χ3n) is 12.5. The van der Waals surface area contributed by atoms with Gasteiger partial charge in [0.2, 0.25) is 5.91 Å². The summed E-state index contributed by atoms with van der Waals surface area (Å²) in [6.07, 6.45) is 11.6. The van der Waals surface area contributed by atoms with Crippen LogP contribution >= 0.6 is 0 Å². The van der Waals surface area contributed by atoms with Gasteiger partial charge in [-0.3, -0.25) is 9.35 Å². The van der Waals surface area contributed by atoms with E-state index in [1.54, 1.807) is 42.3 Å². The van der Waals surface area contributed by atoms with Crippen LogP contribution < -0.4 is 5.32 Å². The lowest BCUT2D eigenvalue weighted by molar-refractivity contribution is -0.141.